The third kappa shape index (κ3) is 1.82. The summed E-state index contributed by atoms with van der Waals surface area (Å²) in [5.74, 6) is 0. The molecule has 0 radical (unpaired) electrons. The van der Waals surface area contributed by atoms with Crippen LogP contribution in [0.15, 0.2) is 24.3 Å². The largest absolute Gasteiger partial charge is 0.421 e. The van der Waals surface area contributed by atoms with Gasteiger partial charge in [0.2, 0.25) is 0 Å². The quantitative estimate of drug-likeness (QED) is 0.689. The van der Waals surface area contributed by atoms with Crippen molar-refractivity contribution in [2.45, 2.75) is 18.7 Å². The molecule has 0 spiro atoms. The molecule has 0 heterocycles. The van der Waals surface area contributed by atoms with Crippen molar-refractivity contribution in [3.63, 3.8) is 0 Å². The molecule has 0 aliphatic heterocycles. The number of nitrogens with two attached hydrogens (primary N) is 1. The van der Waals surface area contributed by atoms with E-state index in [4.69, 9.17) is 5.73 Å². The molecule has 1 aromatic rings. The van der Waals surface area contributed by atoms with Gasteiger partial charge in [-0.1, -0.05) is 12.1 Å². The van der Waals surface area contributed by atoms with Crippen LogP contribution in [-0.4, -0.2) is 11.3 Å². The molecule has 0 aliphatic carbocycles. The van der Waals surface area contributed by atoms with Crippen LogP contribution in [0, 0.1) is 0 Å². The first-order valence-corrected chi connectivity index (χ1v) is 3.90. The molecule has 0 fully saturated rings. The van der Waals surface area contributed by atoms with Crippen LogP contribution in [-0.2, 0) is 5.60 Å². The fourth-order valence-corrected chi connectivity index (χ4v) is 0.971. The summed E-state index contributed by atoms with van der Waals surface area (Å²) in [6, 6.07) is 4.94. The Hall–Kier alpha value is -1.23. The summed E-state index contributed by atoms with van der Waals surface area (Å²) in [7, 11) is 0. The number of hydrogen-bond donors (Lipinski definition) is 2. The lowest BCUT2D eigenvalue weighted by atomic mass is 9.95. The topological polar surface area (TPSA) is 46.2 Å². The molecule has 1 atom stereocenters. The van der Waals surface area contributed by atoms with Gasteiger partial charge in [-0.3, -0.25) is 0 Å². The molecule has 1 rings (SSSR count). The third-order valence-corrected chi connectivity index (χ3v) is 2.02. The van der Waals surface area contributed by atoms with Crippen molar-refractivity contribution < 1.29 is 18.3 Å². The van der Waals surface area contributed by atoms with Gasteiger partial charge < -0.3 is 10.8 Å². The SMILES string of the molecule is C[C@@](O)(c1ccc(N)cc1)C(F)(F)F. The van der Waals surface area contributed by atoms with Gasteiger partial charge in [-0.05, 0) is 24.6 Å². The van der Waals surface area contributed by atoms with Crippen molar-refractivity contribution in [3.8, 4) is 0 Å². The van der Waals surface area contributed by atoms with Gasteiger partial charge >= 0.3 is 6.18 Å². The molecule has 0 bridgehead atoms. The van der Waals surface area contributed by atoms with Crippen LogP contribution in [0.25, 0.3) is 0 Å². The zero-order chi connectivity index (χ0) is 11.0. The minimum absolute atomic E-state index is 0.223. The highest BCUT2D eigenvalue weighted by molar-refractivity contribution is 5.41. The average molecular weight is 205 g/mol. The highest BCUT2D eigenvalue weighted by atomic mass is 19.4. The Morgan fingerprint density at radius 3 is 1.93 bits per heavy atom. The van der Waals surface area contributed by atoms with Crippen molar-refractivity contribution in [2.75, 3.05) is 5.73 Å². The van der Waals surface area contributed by atoms with Crippen molar-refractivity contribution in [2.24, 2.45) is 0 Å². The molecule has 0 unspecified atom stereocenters. The van der Waals surface area contributed by atoms with Crippen molar-refractivity contribution >= 4 is 5.69 Å². The van der Waals surface area contributed by atoms with Crippen molar-refractivity contribution in [1.29, 1.82) is 0 Å². The molecule has 0 aliphatic rings. The summed E-state index contributed by atoms with van der Waals surface area (Å²) >= 11 is 0. The molecule has 0 amide bonds. The maximum atomic E-state index is 12.3. The van der Waals surface area contributed by atoms with E-state index in [9.17, 15) is 18.3 Å². The van der Waals surface area contributed by atoms with E-state index in [1.165, 1.54) is 12.1 Å². The van der Waals surface area contributed by atoms with Crippen LogP contribution in [0.2, 0.25) is 0 Å². The number of hydrogen-bond acceptors (Lipinski definition) is 2. The fraction of sp³-hybridized carbons (Fsp3) is 0.333. The van der Waals surface area contributed by atoms with E-state index in [0.29, 0.717) is 12.6 Å². The minimum atomic E-state index is -4.69. The minimum Gasteiger partial charge on any atom is -0.399 e. The Kier molecular flexibility index (Phi) is 2.45. The van der Waals surface area contributed by atoms with Crippen molar-refractivity contribution in [1.82, 2.24) is 0 Å². The van der Waals surface area contributed by atoms with E-state index in [1.54, 1.807) is 0 Å². The molecule has 2 nitrogen and oxygen atoms in total. The van der Waals surface area contributed by atoms with Crippen molar-refractivity contribution in [3.05, 3.63) is 29.8 Å². The van der Waals surface area contributed by atoms with Crippen LogP contribution in [0.4, 0.5) is 18.9 Å². The normalized spacial score (nSPS) is 16.4. The van der Waals surface area contributed by atoms with Crippen LogP contribution in [0.1, 0.15) is 12.5 Å². The lowest BCUT2D eigenvalue weighted by Crippen LogP contribution is -2.39. The lowest BCUT2D eigenvalue weighted by molar-refractivity contribution is -0.258. The molecule has 0 saturated carbocycles. The average Bonchev–Trinajstić information content (AvgIpc) is 2.03. The van der Waals surface area contributed by atoms with E-state index in [-0.39, 0.29) is 5.56 Å². The van der Waals surface area contributed by atoms with E-state index in [2.05, 4.69) is 0 Å². The fourth-order valence-electron chi connectivity index (χ4n) is 0.971. The molecular formula is C9H10F3NO. The van der Waals surface area contributed by atoms with Gasteiger partial charge in [0.15, 0.2) is 5.60 Å². The van der Waals surface area contributed by atoms with Gasteiger partial charge in [0.05, 0.1) is 0 Å². The summed E-state index contributed by atoms with van der Waals surface area (Å²) in [6.45, 7) is 0.707. The number of alkyl halides is 3. The Balaban J connectivity index is 3.10. The molecule has 0 aromatic heterocycles. The first kappa shape index (κ1) is 10.8. The first-order chi connectivity index (χ1) is 6.25. The second-order valence-electron chi connectivity index (χ2n) is 3.19. The number of nitrogen functional groups attached to an aromatic ring is 1. The monoisotopic (exact) mass is 205 g/mol. The molecule has 1 aromatic carbocycles. The standard InChI is InChI=1S/C9H10F3NO/c1-8(14,9(10,11)12)6-2-4-7(13)5-3-6/h2-5,14H,13H2,1H3/t8-/m1/s1. The molecule has 78 valence electrons. The van der Waals surface area contributed by atoms with Gasteiger partial charge in [-0.15, -0.1) is 0 Å². The predicted molar refractivity (Wildman–Crippen MR) is 46.5 cm³/mol. The summed E-state index contributed by atoms with van der Waals surface area (Å²) in [5, 5.41) is 9.25. The van der Waals surface area contributed by atoms with Gasteiger partial charge in [0, 0.05) is 5.69 Å². The number of aliphatic hydroxyl groups is 1. The Labute approximate surface area is 79.2 Å². The number of anilines is 1. The van der Waals surface area contributed by atoms with Crippen LogP contribution >= 0.6 is 0 Å². The van der Waals surface area contributed by atoms with Crippen LogP contribution in [0.3, 0.4) is 0 Å². The molecule has 5 heteroatoms. The number of rotatable bonds is 1. The highest BCUT2D eigenvalue weighted by Gasteiger charge is 2.50. The maximum absolute atomic E-state index is 12.3. The van der Waals surface area contributed by atoms with Gasteiger partial charge in [0.1, 0.15) is 0 Å². The summed E-state index contributed by atoms with van der Waals surface area (Å²) in [5.41, 5.74) is 2.61. The van der Waals surface area contributed by atoms with E-state index in [1.807, 2.05) is 0 Å². The maximum Gasteiger partial charge on any atom is 0.421 e. The van der Waals surface area contributed by atoms with Gasteiger partial charge in [-0.2, -0.15) is 13.2 Å². The smallest absolute Gasteiger partial charge is 0.399 e. The second kappa shape index (κ2) is 3.16. The summed E-state index contributed by atoms with van der Waals surface area (Å²) < 4.78 is 37.0. The van der Waals surface area contributed by atoms with Gasteiger partial charge in [-0.25, -0.2) is 0 Å². The van der Waals surface area contributed by atoms with E-state index < -0.39 is 11.8 Å². The van der Waals surface area contributed by atoms with Crippen LogP contribution < -0.4 is 5.73 Å². The lowest BCUT2D eigenvalue weighted by Gasteiger charge is -2.26. The Morgan fingerprint density at radius 2 is 1.57 bits per heavy atom. The third-order valence-electron chi connectivity index (χ3n) is 2.02. The summed E-state index contributed by atoms with van der Waals surface area (Å²) in [4.78, 5) is 0. The Morgan fingerprint density at radius 1 is 1.14 bits per heavy atom. The summed E-state index contributed by atoms with van der Waals surface area (Å²) in [6.07, 6.45) is -4.69. The molecule has 3 N–H and O–H groups in total. The molecule has 14 heavy (non-hydrogen) atoms. The molecular weight excluding hydrogens is 195 g/mol. The Bertz CT molecular complexity index is 316. The molecule has 0 saturated heterocycles. The van der Waals surface area contributed by atoms with E-state index >= 15 is 0 Å². The first-order valence-electron chi connectivity index (χ1n) is 3.90. The zero-order valence-corrected chi connectivity index (χ0v) is 7.47. The van der Waals surface area contributed by atoms with E-state index in [0.717, 1.165) is 12.1 Å². The second-order valence-corrected chi connectivity index (χ2v) is 3.19. The van der Waals surface area contributed by atoms with Gasteiger partial charge in [0.25, 0.3) is 0 Å². The number of benzene rings is 1. The number of halogens is 3. The zero-order valence-electron chi connectivity index (χ0n) is 7.47. The van der Waals surface area contributed by atoms with Crippen LogP contribution in [0.5, 0.6) is 0 Å². The predicted octanol–water partition coefficient (Wildman–Crippen LogP) is 2.04. The highest BCUT2D eigenvalue weighted by Crippen LogP contribution is 2.38.